The first kappa shape index (κ1) is 21.4. The van der Waals surface area contributed by atoms with Crippen LogP contribution in [0, 0.1) is 5.92 Å². The lowest BCUT2D eigenvalue weighted by atomic mass is 10.1. The van der Waals surface area contributed by atoms with E-state index < -0.39 is 0 Å². The summed E-state index contributed by atoms with van der Waals surface area (Å²) in [7, 11) is 0. The fourth-order valence-electron chi connectivity index (χ4n) is 2.06. The fourth-order valence-corrected chi connectivity index (χ4v) is 2.06. The Morgan fingerprint density at radius 3 is 2.14 bits per heavy atom. The van der Waals surface area contributed by atoms with Gasteiger partial charge in [-0.1, -0.05) is 33.1 Å². The molecule has 132 valence electrons. The number of amides is 1. The molecule has 0 saturated carbocycles. The summed E-state index contributed by atoms with van der Waals surface area (Å²) in [6.07, 6.45) is 8.39. The number of carbonyl (C=O) groups is 1. The predicted molar refractivity (Wildman–Crippen MR) is 92.1 cm³/mol. The number of rotatable bonds is 15. The highest BCUT2D eigenvalue weighted by molar-refractivity contribution is 5.77. The zero-order valence-corrected chi connectivity index (χ0v) is 15.2. The molecule has 0 aliphatic heterocycles. The Balaban J connectivity index is 3.12. The van der Waals surface area contributed by atoms with Crippen molar-refractivity contribution < 1.29 is 14.3 Å². The summed E-state index contributed by atoms with van der Waals surface area (Å²) in [6.45, 7) is 11.0. The summed E-state index contributed by atoms with van der Waals surface area (Å²) < 4.78 is 10.9. The van der Waals surface area contributed by atoms with E-state index in [0.29, 0.717) is 0 Å². The van der Waals surface area contributed by atoms with Gasteiger partial charge in [0.05, 0.1) is 6.10 Å². The molecule has 4 heteroatoms. The molecule has 0 aromatic rings. The zero-order chi connectivity index (χ0) is 16.6. The van der Waals surface area contributed by atoms with Gasteiger partial charge in [0.15, 0.2) is 0 Å². The van der Waals surface area contributed by atoms with Crippen LogP contribution < -0.4 is 5.32 Å². The van der Waals surface area contributed by atoms with Crippen LogP contribution in [-0.2, 0) is 14.3 Å². The zero-order valence-electron chi connectivity index (χ0n) is 15.2. The second-order valence-corrected chi connectivity index (χ2v) is 6.63. The molecule has 1 N–H and O–H groups in total. The van der Waals surface area contributed by atoms with Gasteiger partial charge in [0, 0.05) is 19.8 Å². The van der Waals surface area contributed by atoms with Crippen molar-refractivity contribution in [3.8, 4) is 0 Å². The highest BCUT2D eigenvalue weighted by atomic mass is 16.5. The highest BCUT2D eigenvalue weighted by Crippen LogP contribution is 2.08. The normalized spacial score (nSPS) is 11.4. The summed E-state index contributed by atoms with van der Waals surface area (Å²) in [6, 6.07) is 0. The lowest BCUT2D eigenvalue weighted by molar-refractivity contribution is -0.127. The van der Waals surface area contributed by atoms with Crippen molar-refractivity contribution in [2.24, 2.45) is 5.92 Å². The van der Waals surface area contributed by atoms with Gasteiger partial charge in [-0.05, 0) is 45.4 Å². The van der Waals surface area contributed by atoms with Crippen LogP contribution in [0.3, 0.4) is 0 Å². The molecule has 0 heterocycles. The molecule has 0 fully saturated rings. The quantitative estimate of drug-likeness (QED) is 0.466. The first-order chi connectivity index (χ1) is 10.5. The van der Waals surface area contributed by atoms with Crippen LogP contribution in [0.2, 0.25) is 0 Å². The van der Waals surface area contributed by atoms with E-state index in [1.165, 1.54) is 25.7 Å². The third-order valence-corrected chi connectivity index (χ3v) is 3.41. The molecule has 0 aromatic heterocycles. The maximum absolute atomic E-state index is 11.4. The largest absolute Gasteiger partial charge is 0.381 e. The summed E-state index contributed by atoms with van der Waals surface area (Å²) in [5.41, 5.74) is 0. The van der Waals surface area contributed by atoms with E-state index in [0.717, 1.165) is 44.9 Å². The van der Waals surface area contributed by atoms with Crippen LogP contribution in [-0.4, -0.2) is 38.4 Å². The van der Waals surface area contributed by atoms with Crippen LogP contribution in [0.15, 0.2) is 0 Å². The number of carbonyl (C=O) groups excluding carboxylic acids is 1. The van der Waals surface area contributed by atoms with Gasteiger partial charge in [-0.3, -0.25) is 4.79 Å². The Hall–Kier alpha value is -0.610. The minimum atomic E-state index is -0.0219. The van der Waals surface area contributed by atoms with Crippen LogP contribution in [0.4, 0.5) is 0 Å². The molecule has 22 heavy (non-hydrogen) atoms. The number of unbranched alkanes of at least 4 members (excludes halogenated alkanes) is 4. The molecular weight excluding hydrogens is 278 g/mol. The number of nitrogens with one attached hydrogen (secondary N) is 1. The molecule has 0 bridgehead atoms. The second kappa shape index (κ2) is 15.3. The maximum atomic E-state index is 11.4. The molecule has 0 rings (SSSR count). The topological polar surface area (TPSA) is 47.6 Å². The Morgan fingerprint density at radius 1 is 0.909 bits per heavy atom. The highest BCUT2D eigenvalue weighted by Gasteiger charge is 2.02. The van der Waals surface area contributed by atoms with Crippen LogP contribution in [0.1, 0.15) is 72.6 Å². The van der Waals surface area contributed by atoms with Gasteiger partial charge in [0.1, 0.15) is 6.61 Å². The Bertz CT molecular complexity index is 255. The van der Waals surface area contributed by atoms with E-state index in [1.54, 1.807) is 0 Å². The average molecular weight is 315 g/mol. The molecular formula is C18H37NO3. The minimum Gasteiger partial charge on any atom is -0.381 e. The van der Waals surface area contributed by atoms with Gasteiger partial charge < -0.3 is 14.8 Å². The monoisotopic (exact) mass is 315 g/mol. The molecule has 0 aliphatic rings. The van der Waals surface area contributed by atoms with Crippen LogP contribution >= 0.6 is 0 Å². The minimum absolute atomic E-state index is 0.0219. The van der Waals surface area contributed by atoms with E-state index in [4.69, 9.17) is 9.47 Å². The summed E-state index contributed by atoms with van der Waals surface area (Å²) in [5, 5.41) is 2.87. The van der Waals surface area contributed by atoms with Crippen molar-refractivity contribution in [1.82, 2.24) is 5.32 Å². The van der Waals surface area contributed by atoms with Crippen molar-refractivity contribution >= 4 is 5.91 Å². The molecule has 4 nitrogen and oxygen atoms in total. The van der Waals surface area contributed by atoms with E-state index in [9.17, 15) is 4.79 Å². The lowest BCUT2D eigenvalue weighted by Gasteiger charge is -2.08. The Kier molecular flexibility index (Phi) is 14.9. The van der Waals surface area contributed by atoms with E-state index in [-0.39, 0.29) is 18.6 Å². The molecule has 0 radical (unpaired) electrons. The van der Waals surface area contributed by atoms with E-state index in [1.807, 2.05) is 13.8 Å². The molecule has 1 amide bonds. The van der Waals surface area contributed by atoms with Crippen LogP contribution in [0.5, 0.6) is 0 Å². The third kappa shape index (κ3) is 17.4. The fraction of sp³-hybridized carbons (Fsp3) is 0.944. The second-order valence-electron chi connectivity index (χ2n) is 6.63. The Labute approximate surface area is 137 Å². The standard InChI is InChI=1S/C18H37NO3/c1-16(2)11-7-5-9-13-21-14-10-6-8-12-19-18(20)15-22-17(3)4/h16-17H,5-15H2,1-4H3,(H,19,20). The molecule has 0 unspecified atom stereocenters. The smallest absolute Gasteiger partial charge is 0.246 e. The number of hydrogen-bond acceptors (Lipinski definition) is 3. The molecule has 0 saturated heterocycles. The molecule has 0 spiro atoms. The molecule has 0 aromatic carbocycles. The van der Waals surface area contributed by atoms with Crippen molar-refractivity contribution in [2.45, 2.75) is 78.7 Å². The van der Waals surface area contributed by atoms with Gasteiger partial charge in [0.2, 0.25) is 5.91 Å². The maximum Gasteiger partial charge on any atom is 0.246 e. The number of hydrogen-bond donors (Lipinski definition) is 1. The van der Waals surface area contributed by atoms with E-state index in [2.05, 4.69) is 19.2 Å². The summed E-state index contributed by atoms with van der Waals surface area (Å²) >= 11 is 0. The van der Waals surface area contributed by atoms with Gasteiger partial charge in [0.25, 0.3) is 0 Å². The van der Waals surface area contributed by atoms with Gasteiger partial charge in [-0.25, -0.2) is 0 Å². The predicted octanol–water partition coefficient (Wildman–Crippen LogP) is 3.93. The SMILES string of the molecule is CC(C)CCCCCOCCCCCNC(=O)COC(C)C. The van der Waals surface area contributed by atoms with Crippen LogP contribution in [0.25, 0.3) is 0 Å². The van der Waals surface area contributed by atoms with Crippen molar-refractivity contribution in [3.05, 3.63) is 0 Å². The van der Waals surface area contributed by atoms with Gasteiger partial charge in [-0.15, -0.1) is 0 Å². The van der Waals surface area contributed by atoms with Gasteiger partial charge >= 0.3 is 0 Å². The van der Waals surface area contributed by atoms with E-state index >= 15 is 0 Å². The molecule has 0 aliphatic carbocycles. The first-order valence-electron chi connectivity index (χ1n) is 8.98. The van der Waals surface area contributed by atoms with Crippen molar-refractivity contribution in [3.63, 3.8) is 0 Å². The van der Waals surface area contributed by atoms with Crippen molar-refractivity contribution in [1.29, 1.82) is 0 Å². The Morgan fingerprint density at radius 2 is 1.55 bits per heavy atom. The number of ether oxygens (including phenoxy) is 2. The van der Waals surface area contributed by atoms with Gasteiger partial charge in [-0.2, -0.15) is 0 Å². The van der Waals surface area contributed by atoms with Crippen molar-refractivity contribution in [2.75, 3.05) is 26.4 Å². The third-order valence-electron chi connectivity index (χ3n) is 3.41. The molecule has 0 atom stereocenters. The summed E-state index contributed by atoms with van der Waals surface area (Å²) in [5.74, 6) is 0.796. The first-order valence-corrected chi connectivity index (χ1v) is 8.98. The average Bonchev–Trinajstić information content (AvgIpc) is 2.45. The lowest BCUT2D eigenvalue weighted by Crippen LogP contribution is -2.29. The summed E-state index contributed by atoms with van der Waals surface area (Å²) in [4.78, 5) is 11.4.